The van der Waals surface area contributed by atoms with Crippen LogP contribution in [0.1, 0.15) is 44.9 Å². The van der Waals surface area contributed by atoms with Crippen molar-refractivity contribution in [1.29, 1.82) is 0 Å². The first-order chi connectivity index (χ1) is 17.8. The summed E-state index contributed by atoms with van der Waals surface area (Å²) in [4.78, 5) is 57.2. The van der Waals surface area contributed by atoms with E-state index >= 15 is 0 Å². The first-order valence-electron chi connectivity index (χ1n) is 11.9. The van der Waals surface area contributed by atoms with E-state index in [0.717, 1.165) is 38.4 Å². The molecule has 184 valence electrons. The van der Waals surface area contributed by atoms with Gasteiger partial charge in [-0.15, -0.1) is 0 Å². The zero-order valence-electron chi connectivity index (χ0n) is 20.1. The van der Waals surface area contributed by atoms with Gasteiger partial charge in [0, 0.05) is 17.4 Å². The van der Waals surface area contributed by atoms with E-state index in [1.54, 1.807) is 23.0 Å². The Labute approximate surface area is 211 Å². The number of imide groups is 2. The van der Waals surface area contributed by atoms with Crippen LogP contribution in [0.5, 0.6) is 0 Å². The largest absolute Gasteiger partial charge is 0.295 e. The highest BCUT2D eigenvalue weighted by Gasteiger charge is 2.44. The van der Waals surface area contributed by atoms with Crippen LogP contribution in [0.3, 0.4) is 0 Å². The minimum atomic E-state index is -1.01. The van der Waals surface area contributed by atoms with Crippen molar-refractivity contribution in [1.82, 2.24) is 25.1 Å². The minimum Gasteiger partial charge on any atom is -0.295 e. The molecule has 10 heteroatoms. The van der Waals surface area contributed by atoms with Crippen LogP contribution in [-0.2, 0) is 9.59 Å². The summed E-state index contributed by atoms with van der Waals surface area (Å²) in [7, 11) is 0. The van der Waals surface area contributed by atoms with Gasteiger partial charge in [0.2, 0.25) is 11.8 Å². The number of pyridine rings is 1. The van der Waals surface area contributed by atoms with Crippen LogP contribution in [-0.4, -0.2) is 49.4 Å². The molecule has 2 aliphatic heterocycles. The number of nitrogens with one attached hydrogen (secondary N) is 2. The van der Waals surface area contributed by atoms with E-state index < -0.39 is 29.7 Å². The number of nitrogens with zero attached hydrogens (tertiary/aromatic N) is 4. The van der Waals surface area contributed by atoms with Crippen molar-refractivity contribution in [3.05, 3.63) is 77.1 Å². The predicted molar refractivity (Wildman–Crippen MR) is 135 cm³/mol. The molecule has 1 fully saturated rings. The molecule has 1 atom stereocenters. The number of piperidine rings is 1. The van der Waals surface area contributed by atoms with Crippen molar-refractivity contribution in [2.45, 2.75) is 32.7 Å². The van der Waals surface area contributed by atoms with Crippen molar-refractivity contribution >= 4 is 40.2 Å². The van der Waals surface area contributed by atoms with Gasteiger partial charge in [0.15, 0.2) is 0 Å². The van der Waals surface area contributed by atoms with Gasteiger partial charge in [0.1, 0.15) is 6.04 Å². The van der Waals surface area contributed by atoms with Crippen LogP contribution in [0.15, 0.2) is 54.6 Å². The van der Waals surface area contributed by atoms with Gasteiger partial charge in [-0.25, -0.2) is 4.98 Å². The molecular weight excluding hydrogens is 472 g/mol. The number of hydrogen-bond donors (Lipinski definition) is 2. The Morgan fingerprint density at radius 2 is 1.73 bits per heavy atom. The number of aromatic nitrogens is 3. The molecule has 2 aromatic carbocycles. The van der Waals surface area contributed by atoms with Gasteiger partial charge in [-0.3, -0.25) is 34.8 Å². The molecule has 6 rings (SSSR count). The summed E-state index contributed by atoms with van der Waals surface area (Å²) in [6.45, 7) is 3.83. The number of carbonyl (C=O) groups is 4. The number of aryl methyl sites for hydroxylation is 1. The van der Waals surface area contributed by atoms with Gasteiger partial charge < -0.3 is 0 Å². The van der Waals surface area contributed by atoms with Gasteiger partial charge in [0.25, 0.3) is 11.8 Å². The number of carbonyl (C=O) groups excluding carboxylic acids is 4. The third kappa shape index (κ3) is 3.65. The van der Waals surface area contributed by atoms with E-state index in [1.165, 1.54) is 0 Å². The van der Waals surface area contributed by atoms with Gasteiger partial charge in [-0.2, -0.15) is 9.89 Å². The molecule has 2 N–H and O–H groups in total. The summed E-state index contributed by atoms with van der Waals surface area (Å²) in [5, 5.41) is 7.87. The van der Waals surface area contributed by atoms with E-state index in [1.807, 2.05) is 50.2 Å². The maximum Gasteiger partial charge on any atom is 0.262 e. The van der Waals surface area contributed by atoms with Crippen LogP contribution < -0.4 is 10.7 Å². The molecular formula is C27H22N6O4. The summed E-state index contributed by atoms with van der Waals surface area (Å²) in [6, 6.07) is 15.7. The van der Waals surface area contributed by atoms with Crippen molar-refractivity contribution < 1.29 is 19.2 Å². The molecule has 4 heterocycles. The number of rotatable bonds is 4. The standard InChI is InChI=1S/C27H22N6O4/c1-14-24(21-10-7-16-5-3-4-6-20(16)28-21)15(2)33(30-14)31-17-8-9-18-19(13-17)27(37)32(26(18)36)22-11-12-23(34)29-25(22)35/h3-10,13,22,31H,11-12H2,1-2H3,(H,29,34,35). The summed E-state index contributed by atoms with van der Waals surface area (Å²) in [5.41, 5.74) is 8.34. The molecule has 37 heavy (non-hydrogen) atoms. The first-order valence-corrected chi connectivity index (χ1v) is 11.9. The first kappa shape index (κ1) is 22.6. The maximum absolute atomic E-state index is 13.1. The number of anilines is 1. The SMILES string of the molecule is Cc1nn(Nc2ccc3c(c2)C(=O)N(C2CCC(=O)NC2=O)C3=O)c(C)c1-c1ccc2ccccc2n1. The van der Waals surface area contributed by atoms with Crippen LogP contribution in [0, 0.1) is 13.8 Å². The molecule has 2 aliphatic rings. The lowest BCUT2D eigenvalue weighted by atomic mass is 10.0. The van der Waals surface area contributed by atoms with Crippen LogP contribution in [0.2, 0.25) is 0 Å². The lowest BCUT2D eigenvalue weighted by molar-refractivity contribution is -0.136. The molecule has 4 amide bonds. The second kappa shape index (κ2) is 8.37. The van der Waals surface area contributed by atoms with Crippen LogP contribution >= 0.6 is 0 Å². The third-order valence-corrected chi connectivity index (χ3v) is 6.82. The molecule has 4 aromatic rings. The molecule has 0 radical (unpaired) electrons. The maximum atomic E-state index is 13.1. The third-order valence-electron chi connectivity index (χ3n) is 6.82. The van der Waals surface area contributed by atoms with Gasteiger partial charge in [0.05, 0.1) is 39.4 Å². The Balaban J connectivity index is 1.29. The molecule has 0 spiro atoms. The smallest absolute Gasteiger partial charge is 0.262 e. The molecule has 0 aliphatic carbocycles. The van der Waals surface area contributed by atoms with E-state index in [4.69, 9.17) is 4.98 Å². The summed E-state index contributed by atoms with van der Waals surface area (Å²) in [6.07, 6.45) is 0.182. The average Bonchev–Trinajstić information content (AvgIpc) is 3.30. The molecule has 1 unspecified atom stereocenters. The quantitative estimate of drug-likeness (QED) is 0.418. The monoisotopic (exact) mass is 494 g/mol. The Hall–Kier alpha value is -4.86. The molecule has 2 aromatic heterocycles. The fraction of sp³-hybridized carbons (Fsp3) is 0.185. The lowest BCUT2D eigenvalue weighted by Gasteiger charge is -2.27. The minimum absolute atomic E-state index is 0.0724. The zero-order chi connectivity index (χ0) is 25.8. The molecule has 0 bridgehead atoms. The summed E-state index contributed by atoms with van der Waals surface area (Å²) >= 11 is 0. The highest BCUT2D eigenvalue weighted by Crippen LogP contribution is 2.31. The van der Waals surface area contributed by atoms with Gasteiger partial charge in [-0.05, 0) is 50.6 Å². The summed E-state index contributed by atoms with van der Waals surface area (Å²) in [5.74, 6) is -2.15. The van der Waals surface area contributed by atoms with E-state index in [9.17, 15) is 19.2 Å². The summed E-state index contributed by atoms with van der Waals surface area (Å²) < 4.78 is 0. The predicted octanol–water partition coefficient (Wildman–Crippen LogP) is 2.99. The topological polar surface area (TPSA) is 126 Å². The van der Waals surface area contributed by atoms with E-state index in [0.29, 0.717) is 5.69 Å². The van der Waals surface area contributed by atoms with Crippen LogP contribution in [0.4, 0.5) is 5.69 Å². The lowest BCUT2D eigenvalue weighted by Crippen LogP contribution is -2.54. The highest BCUT2D eigenvalue weighted by atomic mass is 16.2. The Morgan fingerprint density at radius 1 is 0.946 bits per heavy atom. The Morgan fingerprint density at radius 3 is 2.54 bits per heavy atom. The van der Waals surface area contributed by atoms with Crippen molar-refractivity contribution in [2.24, 2.45) is 0 Å². The fourth-order valence-electron chi connectivity index (χ4n) is 4.99. The Kier molecular flexibility index (Phi) is 5.11. The fourth-order valence-corrected chi connectivity index (χ4v) is 4.99. The average molecular weight is 495 g/mol. The van der Waals surface area contributed by atoms with Crippen molar-refractivity contribution in [3.63, 3.8) is 0 Å². The van der Waals surface area contributed by atoms with Gasteiger partial charge >= 0.3 is 0 Å². The highest BCUT2D eigenvalue weighted by molar-refractivity contribution is 6.23. The Bertz CT molecular complexity index is 1660. The number of benzene rings is 2. The zero-order valence-corrected chi connectivity index (χ0v) is 20.1. The molecule has 1 saturated heterocycles. The second-order valence-corrected chi connectivity index (χ2v) is 9.17. The van der Waals surface area contributed by atoms with E-state index in [-0.39, 0.29) is 24.0 Å². The van der Waals surface area contributed by atoms with E-state index in [2.05, 4.69) is 15.8 Å². The van der Waals surface area contributed by atoms with Crippen molar-refractivity contribution in [3.8, 4) is 11.3 Å². The van der Waals surface area contributed by atoms with Crippen LogP contribution in [0.25, 0.3) is 22.2 Å². The number of para-hydroxylation sites is 1. The normalized spacial score (nSPS) is 17.4. The number of fused-ring (bicyclic) bond motifs is 2. The van der Waals surface area contributed by atoms with Crippen molar-refractivity contribution in [2.75, 3.05) is 5.43 Å². The van der Waals surface area contributed by atoms with Gasteiger partial charge in [-0.1, -0.05) is 24.3 Å². The number of hydrogen-bond acceptors (Lipinski definition) is 7. The second-order valence-electron chi connectivity index (χ2n) is 9.17. The number of amides is 4. The molecule has 0 saturated carbocycles. The molecule has 10 nitrogen and oxygen atoms in total.